The van der Waals surface area contributed by atoms with Crippen molar-refractivity contribution in [2.24, 2.45) is 5.92 Å². The van der Waals surface area contributed by atoms with Crippen molar-refractivity contribution < 1.29 is 0 Å². The zero-order valence-electron chi connectivity index (χ0n) is 15.3. The second kappa shape index (κ2) is 9.71. The second-order valence-corrected chi connectivity index (χ2v) is 6.81. The van der Waals surface area contributed by atoms with E-state index in [1.54, 1.807) is 0 Å². The van der Waals surface area contributed by atoms with E-state index in [1.807, 2.05) is 0 Å². The molecule has 0 aliphatic carbocycles. The van der Waals surface area contributed by atoms with Gasteiger partial charge in [0.25, 0.3) is 0 Å². The number of rotatable bonds is 10. The van der Waals surface area contributed by atoms with E-state index in [4.69, 9.17) is 0 Å². The van der Waals surface area contributed by atoms with E-state index in [-0.39, 0.29) is 0 Å². The third kappa shape index (κ3) is 5.87. The average molecular weight is 302 g/mol. The Bertz CT molecular complexity index is 461. The summed E-state index contributed by atoms with van der Waals surface area (Å²) in [6.45, 7) is 15.5. The Kier molecular flexibility index (Phi) is 8.30. The van der Waals surface area contributed by atoms with Gasteiger partial charge in [0.05, 0.1) is 0 Å². The SMILES string of the molecule is C=C(Nc1ccc(C(C)CCCC)cc1C)C(C)CCCC. The maximum Gasteiger partial charge on any atom is 0.0411 e. The quantitative estimate of drug-likeness (QED) is 0.488. The van der Waals surface area contributed by atoms with E-state index in [0.717, 1.165) is 5.70 Å². The van der Waals surface area contributed by atoms with Gasteiger partial charge in [-0.1, -0.05) is 72.1 Å². The molecule has 0 amide bonds. The van der Waals surface area contributed by atoms with Gasteiger partial charge < -0.3 is 5.32 Å². The van der Waals surface area contributed by atoms with Crippen LogP contribution in [0.3, 0.4) is 0 Å². The molecule has 0 heterocycles. The Morgan fingerprint density at radius 2 is 1.73 bits per heavy atom. The van der Waals surface area contributed by atoms with Crippen LogP contribution in [0.2, 0.25) is 0 Å². The van der Waals surface area contributed by atoms with Crippen LogP contribution in [-0.4, -0.2) is 0 Å². The maximum atomic E-state index is 4.23. The van der Waals surface area contributed by atoms with Gasteiger partial charge in [0.15, 0.2) is 0 Å². The first-order valence-electron chi connectivity index (χ1n) is 9.05. The summed E-state index contributed by atoms with van der Waals surface area (Å²) < 4.78 is 0. The van der Waals surface area contributed by atoms with Crippen LogP contribution in [0, 0.1) is 12.8 Å². The van der Waals surface area contributed by atoms with E-state index >= 15 is 0 Å². The average Bonchev–Trinajstić information content (AvgIpc) is 2.51. The van der Waals surface area contributed by atoms with E-state index in [9.17, 15) is 0 Å². The maximum absolute atomic E-state index is 4.23. The molecule has 2 unspecified atom stereocenters. The fourth-order valence-corrected chi connectivity index (χ4v) is 2.79. The predicted octanol–water partition coefficient (Wildman–Crippen LogP) is 7.04. The van der Waals surface area contributed by atoms with Gasteiger partial charge in [-0.3, -0.25) is 0 Å². The fourth-order valence-electron chi connectivity index (χ4n) is 2.79. The number of anilines is 1. The number of benzene rings is 1. The molecule has 0 saturated heterocycles. The highest BCUT2D eigenvalue weighted by Crippen LogP contribution is 2.27. The van der Waals surface area contributed by atoms with Crippen LogP contribution in [0.1, 0.15) is 83.3 Å². The molecule has 1 nitrogen and oxygen atoms in total. The summed E-state index contributed by atoms with van der Waals surface area (Å²) in [7, 11) is 0. The van der Waals surface area contributed by atoms with Crippen molar-refractivity contribution in [3.8, 4) is 0 Å². The van der Waals surface area contributed by atoms with Crippen LogP contribution in [0.5, 0.6) is 0 Å². The van der Waals surface area contributed by atoms with Crippen molar-refractivity contribution in [3.63, 3.8) is 0 Å². The molecule has 1 heteroatoms. The van der Waals surface area contributed by atoms with Crippen LogP contribution < -0.4 is 5.32 Å². The minimum Gasteiger partial charge on any atom is -0.359 e. The van der Waals surface area contributed by atoms with E-state index < -0.39 is 0 Å². The zero-order valence-corrected chi connectivity index (χ0v) is 15.3. The fraction of sp³-hybridized carbons (Fsp3) is 0.619. The number of allylic oxidation sites excluding steroid dienone is 1. The molecule has 22 heavy (non-hydrogen) atoms. The van der Waals surface area contributed by atoms with E-state index in [0.29, 0.717) is 11.8 Å². The van der Waals surface area contributed by atoms with Crippen molar-refractivity contribution in [1.29, 1.82) is 0 Å². The van der Waals surface area contributed by atoms with Gasteiger partial charge in [-0.05, 0) is 48.8 Å². The highest BCUT2D eigenvalue weighted by atomic mass is 14.9. The van der Waals surface area contributed by atoms with Crippen LogP contribution in [-0.2, 0) is 0 Å². The molecule has 0 radical (unpaired) electrons. The minimum atomic E-state index is 0.530. The lowest BCUT2D eigenvalue weighted by Crippen LogP contribution is -2.09. The Balaban J connectivity index is 2.67. The van der Waals surface area contributed by atoms with Crippen molar-refractivity contribution in [2.75, 3.05) is 5.32 Å². The molecule has 0 spiro atoms. The minimum absolute atomic E-state index is 0.530. The number of hydrogen-bond acceptors (Lipinski definition) is 1. The van der Waals surface area contributed by atoms with Crippen LogP contribution in [0.4, 0.5) is 5.69 Å². The summed E-state index contributed by atoms with van der Waals surface area (Å²) in [5, 5.41) is 3.53. The summed E-state index contributed by atoms with van der Waals surface area (Å²) >= 11 is 0. The van der Waals surface area contributed by atoms with Crippen molar-refractivity contribution >= 4 is 5.69 Å². The van der Waals surface area contributed by atoms with E-state index in [1.165, 1.54) is 55.3 Å². The van der Waals surface area contributed by atoms with Crippen LogP contribution >= 0.6 is 0 Å². The van der Waals surface area contributed by atoms with Gasteiger partial charge in [-0.15, -0.1) is 0 Å². The Morgan fingerprint density at radius 3 is 2.32 bits per heavy atom. The second-order valence-electron chi connectivity index (χ2n) is 6.81. The molecule has 124 valence electrons. The Labute approximate surface area is 138 Å². The van der Waals surface area contributed by atoms with Crippen LogP contribution in [0.15, 0.2) is 30.5 Å². The van der Waals surface area contributed by atoms with Gasteiger partial charge in [0, 0.05) is 11.4 Å². The monoisotopic (exact) mass is 301 g/mol. The summed E-state index contributed by atoms with van der Waals surface area (Å²) in [6, 6.07) is 6.84. The van der Waals surface area contributed by atoms with Gasteiger partial charge in [0.1, 0.15) is 0 Å². The molecular weight excluding hydrogens is 266 g/mol. The molecule has 1 aromatic rings. The largest absolute Gasteiger partial charge is 0.359 e. The van der Waals surface area contributed by atoms with Gasteiger partial charge in [-0.2, -0.15) is 0 Å². The molecule has 0 aliphatic rings. The first kappa shape index (κ1) is 18.8. The third-order valence-electron chi connectivity index (χ3n) is 4.69. The molecule has 0 aromatic heterocycles. The highest BCUT2D eigenvalue weighted by molar-refractivity contribution is 5.55. The summed E-state index contributed by atoms with van der Waals surface area (Å²) in [5.41, 5.74) is 5.13. The lowest BCUT2D eigenvalue weighted by Gasteiger charge is -2.19. The first-order chi connectivity index (χ1) is 10.5. The Hall–Kier alpha value is -1.24. The lowest BCUT2D eigenvalue weighted by atomic mass is 9.93. The van der Waals surface area contributed by atoms with Crippen molar-refractivity contribution in [1.82, 2.24) is 0 Å². The molecule has 0 aliphatic heterocycles. The number of nitrogens with one attached hydrogen (secondary N) is 1. The third-order valence-corrected chi connectivity index (χ3v) is 4.69. The molecule has 1 N–H and O–H groups in total. The number of hydrogen-bond donors (Lipinski definition) is 1. The first-order valence-corrected chi connectivity index (χ1v) is 9.05. The van der Waals surface area contributed by atoms with Gasteiger partial charge >= 0.3 is 0 Å². The summed E-state index contributed by atoms with van der Waals surface area (Å²) in [4.78, 5) is 0. The smallest absolute Gasteiger partial charge is 0.0411 e. The standard InChI is InChI=1S/C21H35N/c1-7-9-11-16(3)19(6)22-21-14-13-20(15-18(21)5)17(4)12-10-8-2/h13-17,22H,6-12H2,1-5H3. The van der Waals surface area contributed by atoms with Gasteiger partial charge in [-0.25, -0.2) is 0 Å². The normalized spacial score (nSPS) is 13.7. The molecule has 0 bridgehead atoms. The Morgan fingerprint density at radius 1 is 1.09 bits per heavy atom. The molecule has 0 saturated carbocycles. The zero-order chi connectivity index (χ0) is 16.5. The summed E-state index contributed by atoms with van der Waals surface area (Å²) in [6.07, 6.45) is 7.61. The molecule has 2 atom stereocenters. The topological polar surface area (TPSA) is 12.0 Å². The van der Waals surface area contributed by atoms with E-state index in [2.05, 4.69) is 64.7 Å². The van der Waals surface area contributed by atoms with Crippen molar-refractivity contribution in [2.45, 2.75) is 79.1 Å². The highest BCUT2D eigenvalue weighted by Gasteiger charge is 2.10. The lowest BCUT2D eigenvalue weighted by molar-refractivity contribution is 0.576. The molecular formula is C21H35N. The van der Waals surface area contributed by atoms with Gasteiger partial charge in [0.2, 0.25) is 0 Å². The molecule has 1 aromatic carbocycles. The number of aryl methyl sites for hydroxylation is 1. The number of unbranched alkanes of at least 4 members (excludes halogenated alkanes) is 2. The van der Waals surface area contributed by atoms with Crippen LogP contribution in [0.25, 0.3) is 0 Å². The van der Waals surface area contributed by atoms with Crippen molar-refractivity contribution in [3.05, 3.63) is 41.6 Å². The molecule has 0 fully saturated rings. The predicted molar refractivity (Wildman–Crippen MR) is 101 cm³/mol. The molecule has 1 rings (SSSR count). The summed E-state index contributed by atoms with van der Waals surface area (Å²) in [5.74, 6) is 1.18.